The summed E-state index contributed by atoms with van der Waals surface area (Å²) in [5, 5.41) is 3.28. The minimum absolute atomic E-state index is 0.520. The minimum atomic E-state index is 0.520. The van der Waals surface area contributed by atoms with Gasteiger partial charge in [0.2, 0.25) is 0 Å². The van der Waals surface area contributed by atoms with E-state index in [0.29, 0.717) is 6.10 Å². The molecule has 0 aromatic rings. The molecule has 0 radical (unpaired) electrons. The molecular weight excluding hydrogens is 188 g/mol. The number of nitrogens with one attached hydrogen (secondary N) is 1. The van der Waals surface area contributed by atoms with E-state index in [1.165, 1.54) is 51.9 Å². The van der Waals surface area contributed by atoms with Gasteiger partial charge in [-0.25, -0.2) is 0 Å². The highest BCUT2D eigenvalue weighted by molar-refractivity contribution is 4.79. The molecule has 2 fully saturated rings. The largest absolute Gasteiger partial charge is 0.377 e. The average molecular weight is 212 g/mol. The van der Waals surface area contributed by atoms with E-state index >= 15 is 0 Å². The zero-order valence-corrected chi connectivity index (χ0v) is 9.87. The second kappa shape index (κ2) is 5.83. The molecular formula is C12H24N2O. The molecule has 2 saturated heterocycles. The van der Waals surface area contributed by atoms with Crippen LogP contribution < -0.4 is 5.32 Å². The molecule has 88 valence electrons. The topological polar surface area (TPSA) is 24.5 Å². The highest BCUT2D eigenvalue weighted by Gasteiger charge is 2.25. The molecule has 0 bridgehead atoms. The maximum atomic E-state index is 5.78. The molecule has 0 aromatic carbocycles. The third-order valence-electron chi connectivity index (χ3n) is 3.60. The summed E-state index contributed by atoms with van der Waals surface area (Å²) >= 11 is 0. The van der Waals surface area contributed by atoms with Crippen molar-refractivity contribution >= 4 is 0 Å². The molecule has 0 aliphatic carbocycles. The summed E-state index contributed by atoms with van der Waals surface area (Å²) in [4.78, 5) is 2.58. The van der Waals surface area contributed by atoms with Gasteiger partial charge in [0.25, 0.3) is 0 Å². The Bertz CT molecular complexity index is 180. The van der Waals surface area contributed by atoms with Crippen molar-refractivity contribution in [2.24, 2.45) is 5.92 Å². The van der Waals surface area contributed by atoms with Gasteiger partial charge >= 0.3 is 0 Å². The molecule has 2 aliphatic heterocycles. The molecule has 2 atom stereocenters. The Hall–Kier alpha value is -0.120. The van der Waals surface area contributed by atoms with Gasteiger partial charge in [-0.2, -0.15) is 0 Å². The fourth-order valence-electron chi connectivity index (χ4n) is 2.77. The first-order valence-electron chi connectivity index (χ1n) is 6.37. The highest BCUT2D eigenvalue weighted by Crippen LogP contribution is 2.19. The molecule has 0 spiro atoms. The van der Waals surface area contributed by atoms with E-state index in [4.69, 9.17) is 4.74 Å². The van der Waals surface area contributed by atoms with E-state index in [-0.39, 0.29) is 0 Å². The molecule has 0 aromatic heterocycles. The molecule has 3 heteroatoms. The third kappa shape index (κ3) is 3.44. The van der Waals surface area contributed by atoms with Gasteiger partial charge in [-0.05, 0) is 51.7 Å². The Kier molecular flexibility index (Phi) is 4.42. The number of nitrogens with zero attached hydrogens (tertiary/aromatic N) is 1. The van der Waals surface area contributed by atoms with Gasteiger partial charge in [-0.3, -0.25) is 0 Å². The number of likely N-dealkylation sites (tertiary alicyclic amines) is 1. The van der Waals surface area contributed by atoms with Crippen molar-refractivity contribution in [1.29, 1.82) is 0 Å². The van der Waals surface area contributed by atoms with Gasteiger partial charge in [0.05, 0.1) is 6.10 Å². The normalized spacial score (nSPS) is 33.4. The van der Waals surface area contributed by atoms with Crippen molar-refractivity contribution < 1.29 is 4.74 Å². The van der Waals surface area contributed by atoms with Crippen LogP contribution in [0.1, 0.15) is 25.7 Å². The minimum Gasteiger partial charge on any atom is -0.377 e. The van der Waals surface area contributed by atoms with Crippen molar-refractivity contribution in [3.8, 4) is 0 Å². The summed E-state index contributed by atoms with van der Waals surface area (Å²) < 4.78 is 5.78. The quantitative estimate of drug-likeness (QED) is 0.755. The molecule has 2 aliphatic rings. The van der Waals surface area contributed by atoms with E-state index in [0.717, 1.165) is 12.5 Å². The molecule has 2 unspecified atom stereocenters. The lowest BCUT2D eigenvalue weighted by Crippen LogP contribution is -2.35. The first-order chi connectivity index (χ1) is 7.38. The first-order valence-corrected chi connectivity index (χ1v) is 6.37. The van der Waals surface area contributed by atoms with Crippen LogP contribution in [0.3, 0.4) is 0 Å². The molecule has 15 heavy (non-hydrogen) atoms. The summed E-state index contributed by atoms with van der Waals surface area (Å²) in [5.74, 6) is 0.860. The summed E-state index contributed by atoms with van der Waals surface area (Å²) in [6.07, 6.45) is 5.77. The van der Waals surface area contributed by atoms with Crippen LogP contribution in [0.25, 0.3) is 0 Å². The number of ether oxygens (including phenoxy) is 1. The van der Waals surface area contributed by atoms with Crippen LogP contribution in [0, 0.1) is 5.92 Å². The molecule has 0 amide bonds. The summed E-state index contributed by atoms with van der Waals surface area (Å²) in [6, 6.07) is 0. The second-order valence-electron chi connectivity index (χ2n) is 4.96. The van der Waals surface area contributed by atoms with Gasteiger partial charge in [0, 0.05) is 19.7 Å². The van der Waals surface area contributed by atoms with Crippen LogP contribution in [0.2, 0.25) is 0 Å². The molecule has 0 saturated carbocycles. The zero-order valence-electron chi connectivity index (χ0n) is 9.87. The maximum absolute atomic E-state index is 5.78. The lowest BCUT2D eigenvalue weighted by molar-refractivity contribution is -0.00235. The number of hydrogen-bond acceptors (Lipinski definition) is 3. The van der Waals surface area contributed by atoms with Gasteiger partial charge in [-0.15, -0.1) is 0 Å². The Morgan fingerprint density at radius 2 is 2.27 bits per heavy atom. The fraction of sp³-hybridized carbons (Fsp3) is 1.00. The van der Waals surface area contributed by atoms with E-state index in [2.05, 4.69) is 10.2 Å². The smallest absolute Gasteiger partial charge is 0.0702 e. The third-order valence-corrected chi connectivity index (χ3v) is 3.60. The Balaban J connectivity index is 1.67. The monoisotopic (exact) mass is 212 g/mol. The van der Waals surface area contributed by atoms with E-state index in [1.54, 1.807) is 0 Å². The van der Waals surface area contributed by atoms with Gasteiger partial charge in [-0.1, -0.05) is 0 Å². The zero-order chi connectivity index (χ0) is 10.5. The standard InChI is InChI=1S/C12H24N2O/c1-13-8-11-5-6-14(9-11)10-12-4-2-3-7-15-12/h11-13H,2-10H2,1H3. The van der Waals surface area contributed by atoms with Gasteiger partial charge in [0.15, 0.2) is 0 Å². The van der Waals surface area contributed by atoms with E-state index in [1.807, 2.05) is 7.05 Å². The number of hydrogen-bond donors (Lipinski definition) is 1. The number of rotatable bonds is 4. The first kappa shape index (κ1) is 11.4. The molecule has 1 N–H and O–H groups in total. The van der Waals surface area contributed by atoms with Crippen LogP contribution >= 0.6 is 0 Å². The van der Waals surface area contributed by atoms with Crippen LogP contribution in [0.5, 0.6) is 0 Å². The Morgan fingerprint density at radius 3 is 3.00 bits per heavy atom. The maximum Gasteiger partial charge on any atom is 0.0702 e. The fourth-order valence-corrected chi connectivity index (χ4v) is 2.77. The molecule has 3 nitrogen and oxygen atoms in total. The van der Waals surface area contributed by atoms with Crippen molar-refractivity contribution in [2.75, 3.05) is 39.8 Å². The van der Waals surface area contributed by atoms with Crippen molar-refractivity contribution in [1.82, 2.24) is 10.2 Å². The second-order valence-corrected chi connectivity index (χ2v) is 4.96. The predicted molar refractivity (Wildman–Crippen MR) is 62.1 cm³/mol. The SMILES string of the molecule is CNCC1CCN(CC2CCCCO2)C1. The molecule has 2 rings (SSSR count). The van der Waals surface area contributed by atoms with E-state index in [9.17, 15) is 0 Å². The van der Waals surface area contributed by atoms with Gasteiger partial charge < -0.3 is 15.0 Å². The highest BCUT2D eigenvalue weighted by atomic mass is 16.5. The Labute approximate surface area is 93.2 Å². The van der Waals surface area contributed by atoms with Crippen LogP contribution in [-0.2, 0) is 4.74 Å². The molecule has 2 heterocycles. The summed E-state index contributed by atoms with van der Waals surface area (Å²) in [5.41, 5.74) is 0. The lowest BCUT2D eigenvalue weighted by Gasteiger charge is -2.27. The van der Waals surface area contributed by atoms with Crippen LogP contribution in [-0.4, -0.2) is 50.8 Å². The van der Waals surface area contributed by atoms with Gasteiger partial charge in [0.1, 0.15) is 0 Å². The van der Waals surface area contributed by atoms with Crippen LogP contribution in [0.15, 0.2) is 0 Å². The van der Waals surface area contributed by atoms with E-state index < -0.39 is 0 Å². The summed E-state index contributed by atoms with van der Waals surface area (Å²) in [6.45, 7) is 5.85. The van der Waals surface area contributed by atoms with Crippen molar-refractivity contribution in [3.63, 3.8) is 0 Å². The Morgan fingerprint density at radius 1 is 1.33 bits per heavy atom. The predicted octanol–water partition coefficient (Wildman–Crippen LogP) is 1.10. The van der Waals surface area contributed by atoms with Crippen molar-refractivity contribution in [3.05, 3.63) is 0 Å². The average Bonchev–Trinajstić information content (AvgIpc) is 2.68. The lowest BCUT2D eigenvalue weighted by atomic mass is 10.1. The summed E-state index contributed by atoms with van der Waals surface area (Å²) in [7, 11) is 2.05. The van der Waals surface area contributed by atoms with Crippen molar-refractivity contribution in [2.45, 2.75) is 31.8 Å². The van der Waals surface area contributed by atoms with Crippen LogP contribution in [0.4, 0.5) is 0 Å².